The molecule has 1 aromatic carbocycles. The van der Waals surface area contributed by atoms with Gasteiger partial charge < -0.3 is 10.2 Å². The van der Waals surface area contributed by atoms with Gasteiger partial charge in [0.05, 0.1) is 6.54 Å². The Morgan fingerprint density at radius 3 is 3.00 bits per heavy atom. The van der Waals surface area contributed by atoms with Crippen molar-refractivity contribution in [1.82, 2.24) is 15.2 Å². The molecule has 1 fully saturated rings. The second-order valence-electron chi connectivity index (χ2n) is 4.81. The smallest absolute Gasteiger partial charge is 0.273 e. The largest absolute Gasteiger partial charge is 0.354 e. The van der Waals surface area contributed by atoms with E-state index in [1.54, 1.807) is 11.1 Å². The maximum absolute atomic E-state index is 12.6. The highest BCUT2D eigenvalue weighted by atomic mass is 16.2. The van der Waals surface area contributed by atoms with Gasteiger partial charge in [-0.3, -0.25) is 14.6 Å². The molecule has 0 aliphatic carbocycles. The summed E-state index contributed by atoms with van der Waals surface area (Å²) in [5.74, 6) is -0.296. The van der Waals surface area contributed by atoms with Gasteiger partial charge in [0, 0.05) is 24.7 Å². The van der Waals surface area contributed by atoms with Gasteiger partial charge in [-0.2, -0.15) is 0 Å². The summed E-state index contributed by atoms with van der Waals surface area (Å²) in [5.41, 5.74) is 0.415. The van der Waals surface area contributed by atoms with Crippen molar-refractivity contribution in [2.45, 2.75) is 6.42 Å². The molecule has 3 rings (SSSR count). The van der Waals surface area contributed by atoms with Crippen LogP contribution in [0.4, 0.5) is 0 Å². The lowest BCUT2D eigenvalue weighted by atomic mass is 10.1. The summed E-state index contributed by atoms with van der Waals surface area (Å²) in [4.78, 5) is 29.9. The van der Waals surface area contributed by atoms with Crippen LogP contribution >= 0.6 is 0 Å². The van der Waals surface area contributed by atoms with E-state index in [-0.39, 0.29) is 18.4 Å². The molecule has 1 aliphatic heterocycles. The molecule has 0 saturated carbocycles. The van der Waals surface area contributed by atoms with Crippen molar-refractivity contribution in [3.63, 3.8) is 0 Å². The summed E-state index contributed by atoms with van der Waals surface area (Å²) < 4.78 is 0. The van der Waals surface area contributed by atoms with Gasteiger partial charge in [-0.05, 0) is 17.9 Å². The monoisotopic (exact) mass is 269 g/mol. The molecule has 20 heavy (non-hydrogen) atoms. The lowest BCUT2D eigenvalue weighted by Crippen LogP contribution is -2.37. The van der Waals surface area contributed by atoms with E-state index >= 15 is 0 Å². The zero-order chi connectivity index (χ0) is 13.9. The van der Waals surface area contributed by atoms with Crippen LogP contribution in [0.2, 0.25) is 0 Å². The maximum Gasteiger partial charge on any atom is 0.273 e. The zero-order valence-electron chi connectivity index (χ0n) is 11.0. The summed E-state index contributed by atoms with van der Waals surface area (Å²) in [6.07, 6.45) is 2.40. The third kappa shape index (κ3) is 2.34. The summed E-state index contributed by atoms with van der Waals surface area (Å²) in [5, 5.41) is 4.57. The van der Waals surface area contributed by atoms with Crippen LogP contribution in [0.15, 0.2) is 36.5 Å². The van der Waals surface area contributed by atoms with Gasteiger partial charge in [0.2, 0.25) is 5.91 Å². The minimum Gasteiger partial charge on any atom is -0.354 e. The Morgan fingerprint density at radius 2 is 2.10 bits per heavy atom. The lowest BCUT2D eigenvalue weighted by Gasteiger charge is -2.19. The van der Waals surface area contributed by atoms with Crippen LogP contribution in [0.5, 0.6) is 0 Å². The Bertz CT molecular complexity index is 664. The number of benzene rings is 1. The van der Waals surface area contributed by atoms with Gasteiger partial charge in [-0.15, -0.1) is 0 Å². The molecule has 0 bridgehead atoms. The van der Waals surface area contributed by atoms with E-state index in [0.29, 0.717) is 18.8 Å². The number of aromatic nitrogens is 1. The van der Waals surface area contributed by atoms with Crippen molar-refractivity contribution >= 4 is 22.6 Å². The van der Waals surface area contributed by atoms with Crippen LogP contribution in [-0.2, 0) is 4.79 Å². The quantitative estimate of drug-likeness (QED) is 0.846. The topological polar surface area (TPSA) is 62.3 Å². The van der Waals surface area contributed by atoms with Gasteiger partial charge in [-0.25, -0.2) is 0 Å². The van der Waals surface area contributed by atoms with Gasteiger partial charge in [-0.1, -0.05) is 24.3 Å². The van der Waals surface area contributed by atoms with Crippen molar-refractivity contribution < 1.29 is 9.59 Å². The third-order valence-corrected chi connectivity index (χ3v) is 3.42. The van der Waals surface area contributed by atoms with Crippen LogP contribution in [0, 0.1) is 0 Å². The zero-order valence-corrected chi connectivity index (χ0v) is 11.0. The van der Waals surface area contributed by atoms with E-state index in [9.17, 15) is 9.59 Å². The van der Waals surface area contributed by atoms with Crippen molar-refractivity contribution in [1.29, 1.82) is 0 Å². The Kier molecular flexibility index (Phi) is 3.33. The van der Waals surface area contributed by atoms with Crippen molar-refractivity contribution in [3.8, 4) is 0 Å². The third-order valence-electron chi connectivity index (χ3n) is 3.42. The average Bonchev–Trinajstić information content (AvgIpc) is 2.70. The van der Waals surface area contributed by atoms with E-state index in [1.165, 1.54) is 0 Å². The Hall–Kier alpha value is -2.43. The molecule has 1 N–H and O–H groups in total. The van der Waals surface area contributed by atoms with Crippen LogP contribution in [-0.4, -0.2) is 41.3 Å². The van der Waals surface area contributed by atoms with E-state index in [2.05, 4.69) is 10.3 Å². The van der Waals surface area contributed by atoms with Crippen LogP contribution in [0.3, 0.4) is 0 Å². The minimum absolute atomic E-state index is 0.101. The molecule has 2 heterocycles. The summed E-state index contributed by atoms with van der Waals surface area (Å²) in [6, 6.07) is 9.52. The van der Waals surface area contributed by atoms with Crippen molar-refractivity contribution in [2.75, 3.05) is 19.6 Å². The highest BCUT2D eigenvalue weighted by molar-refractivity contribution is 6.06. The molecular weight excluding hydrogens is 254 g/mol. The molecule has 1 aliphatic rings. The number of rotatable bonds is 1. The van der Waals surface area contributed by atoms with Gasteiger partial charge in [0.15, 0.2) is 0 Å². The Morgan fingerprint density at radius 1 is 1.25 bits per heavy atom. The molecule has 2 amide bonds. The SMILES string of the molecule is O=C1CN(C(=O)c2nccc3ccccc23)CCCN1. The molecule has 0 spiro atoms. The van der Waals surface area contributed by atoms with Crippen molar-refractivity contribution in [3.05, 3.63) is 42.2 Å². The first-order valence-electron chi connectivity index (χ1n) is 6.65. The summed E-state index contributed by atoms with van der Waals surface area (Å²) in [6.45, 7) is 1.29. The predicted octanol–water partition coefficient (Wildman–Crippen LogP) is 1.20. The number of hydrogen-bond donors (Lipinski definition) is 1. The number of nitrogens with zero attached hydrogens (tertiary/aromatic N) is 2. The first kappa shape index (κ1) is 12.6. The predicted molar refractivity (Wildman–Crippen MR) is 75.3 cm³/mol. The molecule has 0 unspecified atom stereocenters. The maximum atomic E-state index is 12.6. The molecule has 5 nitrogen and oxygen atoms in total. The fraction of sp³-hybridized carbons (Fsp3) is 0.267. The van der Waals surface area contributed by atoms with Crippen LogP contribution in [0.25, 0.3) is 10.8 Å². The van der Waals surface area contributed by atoms with Crippen LogP contribution < -0.4 is 5.32 Å². The number of nitrogens with one attached hydrogen (secondary N) is 1. The molecule has 1 saturated heterocycles. The molecule has 102 valence electrons. The first-order valence-corrected chi connectivity index (χ1v) is 6.65. The number of carbonyl (C=O) groups is 2. The number of pyridine rings is 1. The standard InChI is InChI=1S/C15H15N3O2/c19-13-10-18(9-3-7-16-13)15(20)14-12-5-2-1-4-11(12)6-8-17-14/h1-2,4-6,8H,3,7,9-10H2,(H,16,19). The lowest BCUT2D eigenvalue weighted by molar-refractivity contribution is -0.121. The molecular formula is C15H15N3O2. The Labute approximate surface area is 116 Å². The van der Waals surface area contributed by atoms with E-state index < -0.39 is 0 Å². The molecule has 0 radical (unpaired) electrons. The normalized spacial score (nSPS) is 15.8. The molecule has 5 heteroatoms. The van der Waals surface area contributed by atoms with Crippen molar-refractivity contribution in [2.24, 2.45) is 0 Å². The molecule has 0 atom stereocenters. The van der Waals surface area contributed by atoms with Crippen LogP contribution in [0.1, 0.15) is 16.9 Å². The summed E-state index contributed by atoms with van der Waals surface area (Å²) >= 11 is 0. The fourth-order valence-electron chi connectivity index (χ4n) is 2.42. The van der Waals surface area contributed by atoms with E-state index in [4.69, 9.17) is 0 Å². The van der Waals surface area contributed by atoms with E-state index in [0.717, 1.165) is 17.2 Å². The molecule has 2 aromatic rings. The minimum atomic E-state index is -0.182. The number of hydrogen-bond acceptors (Lipinski definition) is 3. The van der Waals surface area contributed by atoms with Gasteiger partial charge >= 0.3 is 0 Å². The average molecular weight is 269 g/mol. The van der Waals surface area contributed by atoms with Gasteiger partial charge in [0.25, 0.3) is 5.91 Å². The second kappa shape index (κ2) is 5.28. The van der Waals surface area contributed by atoms with Gasteiger partial charge in [0.1, 0.15) is 5.69 Å². The Balaban J connectivity index is 1.97. The number of amides is 2. The highest BCUT2D eigenvalue weighted by Crippen LogP contribution is 2.18. The second-order valence-corrected chi connectivity index (χ2v) is 4.81. The number of fused-ring (bicyclic) bond motifs is 1. The van der Waals surface area contributed by atoms with E-state index in [1.807, 2.05) is 30.3 Å². The molecule has 1 aromatic heterocycles. The highest BCUT2D eigenvalue weighted by Gasteiger charge is 2.23. The summed E-state index contributed by atoms with van der Waals surface area (Å²) in [7, 11) is 0. The fourth-order valence-corrected chi connectivity index (χ4v) is 2.42. The number of carbonyl (C=O) groups excluding carboxylic acids is 2. The first-order chi connectivity index (χ1) is 9.75.